The number of benzene rings is 5. The molecule has 0 saturated heterocycles. The molecule has 4 heterocycles. The molecule has 0 aliphatic rings. The van der Waals surface area contributed by atoms with Gasteiger partial charge in [0.05, 0.1) is 16.9 Å². The predicted molar refractivity (Wildman–Crippen MR) is 213 cm³/mol. The van der Waals surface area contributed by atoms with E-state index in [0.717, 1.165) is 61.4 Å². The average Bonchev–Trinajstić information content (AvgIpc) is 3.77. The molecular weight excluding hydrogens is 829 g/mol. The summed E-state index contributed by atoms with van der Waals surface area (Å²) in [6.45, 7) is 8.95. The van der Waals surface area contributed by atoms with E-state index >= 15 is 0 Å². The Labute approximate surface area is 323 Å². The van der Waals surface area contributed by atoms with Crippen LogP contribution in [0, 0.1) is 12.1 Å². The van der Waals surface area contributed by atoms with Crippen LogP contribution in [0.3, 0.4) is 0 Å². The van der Waals surface area contributed by atoms with Crippen molar-refractivity contribution < 1.29 is 24.5 Å². The number of pyridine rings is 2. The molecule has 4 aromatic heterocycles. The number of fused-ring (bicyclic) bond motifs is 4. The molecule has 0 aliphatic heterocycles. The van der Waals surface area contributed by atoms with E-state index in [1.54, 1.807) is 0 Å². The first-order valence-corrected chi connectivity index (χ1v) is 17.8. The number of imidazole rings is 1. The van der Waals surface area contributed by atoms with Crippen molar-refractivity contribution in [3.63, 3.8) is 0 Å². The van der Waals surface area contributed by atoms with Crippen molar-refractivity contribution in [1.29, 1.82) is 0 Å². The summed E-state index contributed by atoms with van der Waals surface area (Å²) in [5.74, 6) is 1.48. The van der Waals surface area contributed by atoms with Gasteiger partial charge in [0.1, 0.15) is 5.58 Å². The van der Waals surface area contributed by atoms with E-state index in [1.165, 1.54) is 22.3 Å². The van der Waals surface area contributed by atoms with Gasteiger partial charge in [-0.3, -0.25) is 4.98 Å². The third-order valence-corrected chi connectivity index (χ3v) is 9.40. The molecule has 1 radical (unpaired) electrons. The number of rotatable bonds is 6. The Morgan fingerprint density at radius 2 is 1.38 bits per heavy atom. The fourth-order valence-corrected chi connectivity index (χ4v) is 6.86. The van der Waals surface area contributed by atoms with Gasteiger partial charge in [0.2, 0.25) is 0 Å². The van der Waals surface area contributed by atoms with Gasteiger partial charge in [-0.05, 0) is 64.0 Å². The fourth-order valence-electron chi connectivity index (χ4n) is 6.86. The van der Waals surface area contributed by atoms with Gasteiger partial charge in [0, 0.05) is 43.6 Å². The normalized spacial score (nSPS) is 11.2. The van der Waals surface area contributed by atoms with Crippen LogP contribution in [0.25, 0.3) is 72.6 Å². The molecule has 5 aromatic carbocycles. The number of hydrogen-bond donors (Lipinski definition) is 0. The van der Waals surface area contributed by atoms with Crippen LogP contribution in [-0.2, 0) is 20.1 Å². The van der Waals surface area contributed by atoms with Gasteiger partial charge >= 0.3 is 0 Å². The summed E-state index contributed by atoms with van der Waals surface area (Å²) >= 11 is 0. The van der Waals surface area contributed by atoms with Crippen LogP contribution in [0.5, 0.6) is 0 Å². The fraction of sp³-hybridized carbons (Fsp3) is 0.128. The molecule has 263 valence electrons. The summed E-state index contributed by atoms with van der Waals surface area (Å²) in [7, 11) is 0. The third kappa shape index (κ3) is 6.96. The molecule has 0 N–H and O–H groups in total. The Hall–Kier alpha value is -5.68. The Morgan fingerprint density at radius 3 is 2.13 bits per heavy atom. The number of nitrogens with zero attached hydrogens (tertiary/aromatic N) is 4. The monoisotopic (exact) mass is 867 g/mol. The van der Waals surface area contributed by atoms with Crippen molar-refractivity contribution in [3.8, 4) is 39.5 Å². The first-order valence-electron chi connectivity index (χ1n) is 17.8. The molecular formula is C47H38IrN4O-2. The van der Waals surface area contributed by atoms with E-state index in [2.05, 4.69) is 97.9 Å². The molecule has 0 unspecified atom stereocenters. The Morgan fingerprint density at radius 1 is 0.623 bits per heavy atom. The van der Waals surface area contributed by atoms with Crippen LogP contribution < -0.4 is 0 Å². The SMILES string of the molecule is CC(C)c1cccc(C(C)C)c1-n1c(-c2[c-]ccc3c2oc2ccccc23)nc2cccnc21.[Ir].[c-]1ccccc1-c1cc(-c2ccccc2)ccn1. The van der Waals surface area contributed by atoms with E-state index in [-0.39, 0.29) is 20.1 Å². The van der Waals surface area contributed by atoms with Crippen molar-refractivity contribution in [2.24, 2.45) is 0 Å². The van der Waals surface area contributed by atoms with Crippen LogP contribution in [0.2, 0.25) is 0 Å². The molecule has 0 aliphatic carbocycles. The van der Waals surface area contributed by atoms with Gasteiger partial charge in [-0.1, -0.05) is 111 Å². The molecule has 0 bridgehead atoms. The second kappa shape index (κ2) is 15.5. The summed E-state index contributed by atoms with van der Waals surface area (Å²) in [6.07, 6.45) is 3.68. The minimum Gasteiger partial charge on any atom is -0.501 e. The number of furan rings is 1. The van der Waals surface area contributed by atoms with Crippen LogP contribution >= 0.6 is 0 Å². The molecule has 0 amide bonds. The zero-order valence-electron chi connectivity index (χ0n) is 30.0. The van der Waals surface area contributed by atoms with Crippen LogP contribution in [0.15, 0.2) is 150 Å². The number of hydrogen-bond acceptors (Lipinski definition) is 4. The molecule has 0 saturated carbocycles. The van der Waals surface area contributed by atoms with Crippen LogP contribution in [0.1, 0.15) is 50.7 Å². The average molecular weight is 867 g/mol. The van der Waals surface area contributed by atoms with Gasteiger partial charge < -0.3 is 14.0 Å². The molecule has 9 rings (SSSR count). The number of para-hydroxylation sites is 2. The van der Waals surface area contributed by atoms with Crippen molar-refractivity contribution in [1.82, 2.24) is 19.5 Å². The van der Waals surface area contributed by atoms with Crippen LogP contribution in [0.4, 0.5) is 0 Å². The summed E-state index contributed by atoms with van der Waals surface area (Å²) in [5, 5.41) is 2.16. The maximum Gasteiger partial charge on any atom is 0.155 e. The summed E-state index contributed by atoms with van der Waals surface area (Å²) < 4.78 is 8.60. The predicted octanol–water partition coefficient (Wildman–Crippen LogP) is 12.2. The van der Waals surface area contributed by atoms with Crippen molar-refractivity contribution >= 4 is 33.1 Å². The zero-order valence-corrected chi connectivity index (χ0v) is 32.4. The largest absolute Gasteiger partial charge is 0.501 e. The smallest absolute Gasteiger partial charge is 0.155 e. The summed E-state index contributed by atoms with van der Waals surface area (Å²) in [5.41, 5.74) is 12.3. The topological polar surface area (TPSA) is 56.7 Å². The Balaban J connectivity index is 0.000000194. The van der Waals surface area contributed by atoms with Gasteiger partial charge in [-0.2, -0.15) is 0 Å². The maximum absolute atomic E-state index is 6.38. The van der Waals surface area contributed by atoms with Gasteiger partial charge in [-0.25, -0.2) is 4.98 Å². The Bertz CT molecular complexity index is 2560. The zero-order chi connectivity index (χ0) is 35.6. The number of aromatic nitrogens is 4. The second-order valence-electron chi connectivity index (χ2n) is 13.5. The molecule has 0 fully saturated rings. The van der Waals surface area contributed by atoms with E-state index in [9.17, 15) is 0 Å². The molecule has 0 atom stereocenters. The molecule has 9 aromatic rings. The quantitative estimate of drug-likeness (QED) is 0.156. The standard InChI is InChI=1S/C30H26N3O.C17H12N.Ir/c1-18(2)20-11-7-12-21(19(3)4)27(20)33-29(32-25-15-9-17-31-30(25)33)24-14-8-13-23-22-10-5-6-16-26(22)34-28(23)24;1-3-7-14(8-4-1)16-11-12-18-17(13-16)15-9-5-2-6-10-15;/h5-13,15-19H,1-4H3;1-9,11-13H;/q2*-1;. The molecule has 5 nitrogen and oxygen atoms in total. The van der Waals surface area contributed by atoms with Crippen molar-refractivity contribution in [3.05, 3.63) is 169 Å². The first-order chi connectivity index (χ1) is 25.5. The van der Waals surface area contributed by atoms with E-state index in [4.69, 9.17) is 14.4 Å². The maximum atomic E-state index is 6.38. The summed E-state index contributed by atoms with van der Waals surface area (Å²) in [6, 6.07) is 51.7. The minimum absolute atomic E-state index is 0. The minimum atomic E-state index is 0. The second-order valence-corrected chi connectivity index (χ2v) is 13.5. The molecule has 53 heavy (non-hydrogen) atoms. The van der Waals surface area contributed by atoms with E-state index in [1.807, 2.05) is 97.3 Å². The molecule has 6 heteroatoms. The van der Waals surface area contributed by atoms with Gasteiger partial charge in [0.25, 0.3) is 0 Å². The van der Waals surface area contributed by atoms with Gasteiger partial charge in [-0.15, -0.1) is 54.1 Å². The van der Waals surface area contributed by atoms with E-state index in [0.29, 0.717) is 11.8 Å². The first kappa shape index (κ1) is 35.7. The van der Waals surface area contributed by atoms with Crippen molar-refractivity contribution in [2.75, 3.05) is 0 Å². The molecule has 0 spiro atoms. The summed E-state index contributed by atoms with van der Waals surface area (Å²) in [4.78, 5) is 14.3. The third-order valence-electron chi connectivity index (χ3n) is 9.40. The van der Waals surface area contributed by atoms with Gasteiger partial charge in [0.15, 0.2) is 5.65 Å². The Kier molecular flexibility index (Phi) is 10.4. The van der Waals surface area contributed by atoms with E-state index < -0.39 is 0 Å². The van der Waals surface area contributed by atoms with Crippen LogP contribution in [-0.4, -0.2) is 19.5 Å². The van der Waals surface area contributed by atoms with Crippen molar-refractivity contribution in [2.45, 2.75) is 39.5 Å².